The van der Waals surface area contributed by atoms with Crippen molar-refractivity contribution in [1.82, 2.24) is 15.1 Å². The van der Waals surface area contributed by atoms with Gasteiger partial charge in [0.25, 0.3) is 0 Å². The number of nitrogens with one attached hydrogen (secondary N) is 1. The molecule has 2 atom stereocenters. The Morgan fingerprint density at radius 2 is 1.74 bits per heavy atom. The molecule has 0 saturated heterocycles. The number of hydrogen-bond donors (Lipinski definition) is 1. The smallest absolute Gasteiger partial charge is 0.225 e. The van der Waals surface area contributed by atoms with Crippen molar-refractivity contribution in [2.45, 2.75) is 39.8 Å². The summed E-state index contributed by atoms with van der Waals surface area (Å²) in [6, 6.07) is 15.2. The quantitative estimate of drug-likeness (QED) is 0.325. The molecule has 1 N–H and O–H groups in total. The van der Waals surface area contributed by atoms with E-state index in [4.69, 9.17) is 16.3 Å². The van der Waals surface area contributed by atoms with Crippen molar-refractivity contribution in [1.29, 1.82) is 0 Å². The Hall–Kier alpha value is -3.45. The third-order valence-corrected chi connectivity index (χ3v) is 5.80. The van der Waals surface area contributed by atoms with Crippen molar-refractivity contribution in [3.8, 4) is 11.4 Å². The monoisotopic (exact) mass is 497 g/mol. The number of nitrogens with zero attached hydrogens (tertiary/aromatic N) is 2. The van der Waals surface area contributed by atoms with Crippen LogP contribution >= 0.6 is 11.6 Å². The number of carbonyl (C=O) groups excluding carboxylic acids is 1. The molecule has 4 rings (SSSR count). The molecule has 1 amide bonds. The van der Waals surface area contributed by atoms with Gasteiger partial charge in [0.1, 0.15) is 23.5 Å². The van der Waals surface area contributed by atoms with E-state index >= 15 is 0 Å². The van der Waals surface area contributed by atoms with E-state index in [-0.39, 0.29) is 16.7 Å². The van der Waals surface area contributed by atoms with E-state index in [2.05, 4.69) is 10.4 Å². The van der Waals surface area contributed by atoms with Gasteiger partial charge in [-0.1, -0.05) is 32.4 Å². The molecule has 0 unspecified atom stereocenters. The maximum atomic E-state index is 14.2. The van der Waals surface area contributed by atoms with Crippen LogP contribution in [0.1, 0.15) is 39.4 Å². The molecular weight excluding hydrogens is 472 g/mol. The summed E-state index contributed by atoms with van der Waals surface area (Å²) in [5.41, 5.74) is 1.43. The Labute approximate surface area is 207 Å². The van der Waals surface area contributed by atoms with E-state index in [0.29, 0.717) is 11.3 Å². The van der Waals surface area contributed by atoms with Gasteiger partial charge in [0.15, 0.2) is 0 Å². The molecule has 0 fully saturated rings. The van der Waals surface area contributed by atoms with E-state index < -0.39 is 23.4 Å². The average Bonchev–Trinajstić information content (AvgIpc) is 3.19. The molecule has 0 aliphatic rings. The standard InChI is InChI=1S/C27H26ClF2N3O2/c1-16(32-26(34)27(2,3)4)25(17-11-19(28)14-21(30)12-17)35-23-9-10-24-18(13-23)15-31-33(24)22-7-5-20(29)6-8-22/h5-16,25H,1-4H3,(H,32,34)/t16-,25-/m0/s1. The van der Waals surface area contributed by atoms with Gasteiger partial charge < -0.3 is 10.1 Å². The zero-order chi connectivity index (χ0) is 25.3. The number of hydrogen-bond acceptors (Lipinski definition) is 3. The number of fused-ring (bicyclic) bond motifs is 1. The van der Waals surface area contributed by atoms with Crippen LogP contribution in [-0.2, 0) is 4.79 Å². The number of carbonyl (C=O) groups is 1. The molecule has 182 valence electrons. The second kappa shape index (κ2) is 9.66. The first-order chi connectivity index (χ1) is 16.5. The summed E-state index contributed by atoms with van der Waals surface area (Å²) in [6.07, 6.45) is 0.976. The summed E-state index contributed by atoms with van der Waals surface area (Å²) >= 11 is 6.11. The van der Waals surface area contributed by atoms with Gasteiger partial charge in [0.05, 0.1) is 23.4 Å². The summed E-state index contributed by atoms with van der Waals surface area (Å²) < 4.78 is 35.5. The van der Waals surface area contributed by atoms with E-state index in [1.165, 1.54) is 24.3 Å². The Balaban J connectivity index is 1.67. The Morgan fingerprint density at radius 1 is 1.03 bits per heavy atom. The van der Waals surface area contributed by atoms with Crippen LogP contribution in [0.5, 0.6) is 5.75 Å². The van der Waals surface area contributed by atoms with Crippen LogP contribution in [0, 0.1) is 17.0 Å². The number of aromatic nitrogens is 2. The molecule has 5 nitrogen and oxygen atoms in total. The van der Waals surface area contributed by atoms with Crippen molar-refractivity contribution in [3.05, 3.63) is 89.1 Å². The van der Waals surface area contributed by atoms with Gasteiger partial charge in [0.2, 0.25) is 5.91 Å². The minimum absolute atomic E-state index is 0.155. The van der Waals surface area contributed by atoms with Gasteiger partial charge in [-0.2, -0.15) is 5.10 Å². The first-order valence-electron chi connectivity index (χ1n) is 11.2. The van der Waals surface area contributed by atoms with Gasteiger partial charge in [-0.25, -0.2) is 13.5 Å². The lowest BCUT2D eigenvalue weighted by Gasteiger charge is -2.29. The third kappa shape index (κ3) is 5.62. The topological polar surface area (TPSA) is 56.1 Å². The summed E-state index contributed by atoms with van der Waals surface area (Å²) in [6.45, 7) is 7.25. The highest BCUT2D eigenvalue weighted by molar-refractivity contribution is 6.30. The fourth-order valence-corrected chi connectivity index (χ4v) is 3.95. The zero-order valence-corrected chi connectivity index (χ0v) is 20.6. The van der Waals surface area contributed by atoms with Crippen molar-refractivity contribution in [2.75, 3.05) is 0 Å². The molecule has 0 saturated carbocycles. The Bertz CT molecular complexity index is 1340. The summed E-state index contributed by atoms with van der Waals surface area (Å²) in [5, 5.41) is 8.42. The van der Waals surface area contributed by atoms with E-state index in [9.17, 15) is 13.6 Å². The van der Waals surface area contributed by atoms with Crippen LogP contribution < -0.4 is 10.1 Å². The fourth-order valence-electron chi connectivity index (χ4n) is 3.72. The largest absolute Gasteiger partial charge is 0.484 e. The van der Waals surface area contributed by atoms with Gasteiger partial charge in [-0.05, 0) is 73.2 Å². The second-order valence-electron chi connectivity index (χ2n) is 9.51. The number of amides is 1. The molecule has 1 heterocycles. The van der Waals surface area contributed by atoms with E-state index in [1.807, 2.05) is 32.9 Å². The van der Waals surface area contributed by atoms with Crippen LogP contribution in [0.3, 0.4) is 0 Å². The zero-order valence-electron chi connectivity index (χ0n) is 19.9. The minimum Gasteiger partial charge on any atom is -0.484 e. The van der Waals surface area contributed by atoms with Crippen molar-refractivity contribution < 1.29 is 18.3 Å². The average molecular weight is 498 g/mol. The molecule has 35 heavy (non-hydrogen) atoms. The first-order valence-corrected chi connectivity index (χ1v) is 11.6. The van der Waals surface area contributed by atoms with Crippen LogP contribution in [0.15, 0.2) is 66.9 Å². The molecular formula is C27H26ClF2N3O2. The SMILES string of the molecule is C[C@H](NC(=O)C(C)(C)C)[C@H](Oc1ccc2c(cnn2-c2ccc(F)cc2)c1)c1cc(F)cc(Cl)c1. The molecule has 4 aromatic rings. The number of ether oxygens (including phenoxy) is 1. The van der Waals surface area contributed by atoms with Crippen molar-refractivity contribution in [2.24, 2.45) is 5.41 Å². The maximum absolute atomic E-state index is 14.2. The van der Waals surface area contributed by atoms with Gasteiger partial charge in [-0.3, -0.25) is 4.79 Å². The molecule has 1 aromatic heterocycles. The highest BCUT2D eigenvalue weighted by atomic mass is 35.5. The van der Waals surface area contributed by atoms with E-state index in [0.717, 1.165) is 16.6 Å². The van der Waals surface area contributed by atoms with Crippen molar-refractivity contribution in [3.63, 3.8) is 0 Å². The van der Waals surface area contributed by atoms with Crippen LogP contribution in [-0.4, -0.2) is 21.7 Å². The number of halogens is 3. The van der Waals surface area contributed by atoms with Gasteiger partial charge >= 0.3 is 0 Å². The predicted molar refractivity (Wildman–Crippen MR) is 133 cm³/mol. The third-order valence-electron chi connectivity index (χ3n) is 5.58. The molecule has 0 radical (unpaired) electrons. The summed E-state index contributed by atoms with van der Waals surface area (Å²) in [4.78, 5) is 12.6. The molecule has 3 aromatic carbocycles. The predicted octanol–water partition coefficient (Wildman–Crippen LogP) is 6.63. The molecule has 0 spiro atoms. The van der Waals surface area contributed by atoms with Crippen LogP contribution in [0.4, 0.5) is 8.78 Å². The second-order valence-corrected chi connectivity index (χ2v) is 9.94. The van der Waals surface area contributed by atoms with Crippen LogP contribution in [0.2, 0.25) is 5.02 Å². The Morgan fingerprint density at radius 3 is 2.40 bits per heavy atom. The normalized spacial score (nSPS) is 13.5. The van der Waals surface area contributed by atoms with Crippen molar-refractivity contribution >= 4 is 28.4 Å². The van der Waals surface area contributed by atoms with Gasteiger partial charge in [0, 0.05) is 15.8 Å². The maximum Gasteiger partial charge on any atom is 0.225 e. The lowest BCUT2D eigenvalue weighted by Crippen LogP contribution is -2.44. The highest BCUT2D eigenvalue weighted by Gasteiger charge is 2.29. The minimum atomic E-state index is -0.709. The summed E-state index contributed by atoms with van der Waals surface area (Å²) in [5.74, 6) is -0.459. The number of benzene rings is 3. The summed E-state index contributed by atoms with van der Waals surface area (Å²) in [7, 11) is 0. The highest BCUT2D eigenvalue weighted by Crippen LogP contribution is 2.31. The Kier molecular flexibility index (Phi) is 6.81. The lowest BCUT2D eigenvalue weighted by atomic mass is 9.94. The van der Waals surface area contributed by atoms with Crippen LogP contribution in [0.25, 0.3) is 16.6 Å². The molecule has 0 aliphatic carbocycles. The number of rotatable bonds is 6. The molecule has 0 bridgehead atoms. The molecule has 0 aliphatic heterocycles. The molecule has 8 heteroatoms. The fraction of sp³-hybridized carbons (Fsp3) is 0.259. The van der Waals surface area contributed by atoms with Gasteiger partial charge in [-0.15, -0.1) is 0 Å². The lowest BCUT2D eigenvalue weighted by molar-refractivity contribution is -0.129. The first kappa shape index (κ1) is 24.7. The van der Waals surface area contributed by atoms with E-state index in [1.54, 1.807) is 42.1 Å².